The smallest absolute Gasteiger partial charge is 0.408 e. The lowest BCUT2D eigenvalue weighted by Crippen LogP contribution is -2.55. The zero-order chi connectivity index (χ0) is 26.8. The zero-order valence-corrected chi connectivity index (χ0v) is 22.2. The van der Waals surface area contributed by atoms with Crippen molar-refractivity contribution in [2.24, 2.45) is 5.92 Å². The second-order valence-corrected chi connectivity index (χ2v) is 10.1. The lowest BCUT2D eigenvalue weighted by Gasteiger charge is -2.35. The summed E-state index contributed by atoms with van der Waals surface area (Å²) < 4.78 is 5.33. The monoisotopic (exact) mass is 493 g/mol. The summed E-state index contributed by atoms with van der Waals surface area (Å²) in [6.07, 6.45) is 2.01. The number of aliphatic hydroxyl groups is 1. The van der Waals surface area contributed by atoms with Crippen molar-refractivity contribution in [1.82, 2.24) is 15.5 Å². The minimum atomic E-state index is -1.06. The number of carbonyl (C=O) groups is 3. The Hall–Kier alpha value is -2.81. The number of benzene rings is 1. The average molecular weight is 494 g/mol. The van der Waals surface area contributed by atoms with Crippen LogP contribution in [-0.2, 0) is 14.3 Å². The molecule has 0 aliphatic rings. The van der Waals surface area contributed by atoms with E-state index in [4.69, 9.17) is 4.74 Å². The molecule has 0 heterocycles. The second kappa shape index (κ2) is 13.9. The number of carbonyl (C=O) groups excluding carboxylic acids is 3. The molecule has 0 fully saturated rings. The molecule has 0 radical (unpaired) electrons. The highest BCUT2D eigenvalue weighted by molar-refractivity contribution is 5.92. The van der Waals surface area contributed by atoms with Crippen molar-refractivity contribution in [1.29, 1.82) is 0 Å². The lowest BCUT2D eigenvalue weighted by molar-refractivity contribution is -0.143. The number of hydrogen-bond acceptors (Lipinski definition) is 6. The van der Waals surface area contributed by atoms with Gasteiger partial charge in [-0.15, -0.1) is 0 Å². The van der Waals surface area contributed by atoms with E-state index in [2.05, 4.69) is 17.6 Å². The molecule has 0 aliphatic carbocycles. The van der Waals surface area contributed by atoms with Gasteiger partial charge in [0, 0.05) is 13.1 Å². The third kappa shape index (κ3) is 9.76. The Morgan fingerprint density at radius 3 is 2.31 bits per heavy atom. The molecule has 0 saturated heterocycles. The van der Waals surface area contributed by atoms with E-state index in [0.717, 1.165) is 19.3 Å². The third-order valence-corrected chi connectivity index (χ3v) is 5.41. The summed E-state index contributed by atoms with van der Waals surface area (Å²) in [4.78, 5) is 40.8. The van der Waals surface area contributed by atoms with Crippen LogP contribution in [0.25, 0.3) is 0 Å². The molecule has 1 aromatic carbocycles. The van der Waals surface area contributed by atoms with Crippen LogP contribution in [-0.4, -0.2) is 64.4 Å². The van der Waals surface area contributed by atoms with Crippen LogP contribution in [0.4, 0.5) is 4.79 Å². The van der Waals surface area contributed by atoms with Gasteiger partial charge in [0.1, 0.15) is 23.4 Å². The van der Waals surface area contributed by atoms with Gasteiger partial charge in [-0.2, -0.15) is 0 Å². The minimum Gasteiger partial charge on any atom is -0.508 e. The van der Waals surface area contributed by atoms with Gasteiger partial charge >= 0.3 is 6.09 Å². The Balaban J connectivity index is 3.37. The molecule has 198 valence electrons. The topological polar surface area (TPSA) is 128 Å². The van der Waals surface area contributed by atoms with Gasteiger partial charge in [-0.25, -0.2) is 4.79 Å². The van der Waals surface area contributed by atoms with Crippen molar-refractivity contribution < 1.29 is 29.3 Å². The number of alkyl carbamates (subject to hydrolysis) is 1. The van der Waals surface area contributed by atoms with Gasteiger partial charge in [-0.1, -0.05) is 39.7 Å². The molecule has 0 aromatic heterocycles. The number of rotatable bonds is 12. The molecular formula is C26H43N3O6. The molecular weight excluding hydrogens is 450 g/mol. The van der Waals surface area contributed by atoms with Crippen LogP contribution in [0.3, 0.4) is 0 Å². The molecule has 2 atom stereocenters. The molecule has 9 nitrogen and oxygen atoms in total. The molecule has 9 heteroatoms. The predicted octanol–water partition coefficient (Wildman–Crippen LogP) is 3.42. The first-order valence-corrected chi connectivity index (χ1v) is 12.3. The van der Waals surface area contributed by atoms with Gasteiger partial charge in [0.05, 0.1) is 6.61 Å². The van der Waals surface area contributed by atoms with Crippen LogP contribution in [0.15, 0.2) is 18.2 Å². The van der Waals surface area contributed by atoms with Crippen molar-refractivity contribution in [2.75, 3.05) is 19.7 Å². The highest BCUT2D eigenvalue weighted by Gasteiger charge is 2.37. The number of ether oxygens (including phenoxy) is 1. The van der Waals surface area contributed by atoms with Crippen LogP contribution < -0.4 is 10.6 Å². The third-order valence-electron chi connectivity index (χ3n) is 5.41. The fourth-order valence-electron chi connectivity index (χ4n) is 3.61. The van der Waals surface area contributed by atoms with Gasteiger partial charge in [0.15, 0.2) is 0 Å². The van der Waals surface area contributed by atoms with Crippen LogP contribution in [0.5, 0.6) is 5.75 Å². The highest BCUT2D eigenvalue weighted by Crippen LogP contribution is 2.27. The maximum Gasteiger partial charge on any atom is 0.408 e. The normalized spacial score (nSPS) is 13.2. The fourth-order valence-corrected chi connectivity index (χ4v) is 3.61. The summed E-state index contributed by atoms with van der Waals surface area (Å²) in [6.45, 7) is 12.5. The number of aromatic hydroxyl groups is 1. The van der Waals surface area contributed by atoms with E-state index in [1.54, 1.807) is 53.7 Å². The van der Waals surface area contributed by atoms with Crippen molar-refractivity contribution in [3.63, 3.8) is 0 Å². The summed E-state index contributed by atoms with van der Waals surface area (Å²) in [5, 5.41) is 25.3. The molecule has 2 unspecified atom stereocenters. The predicted molar refractivity (Wildman–Crippen MR) is 135 cm³/mol. The second-order valence-electron chi connectivity index (χ2n) is 10.1. The SMILES string of the molecule is CCCCCNC(=O)C(c1ccc(O)c(C)c1)N(CCO)C(=O)C(NC(=O)OC(C)(C)C)C(C)C. The van der Waals surface area contributed by atoms with E-state index in [-0.39, 0.29) is 24.8 Å². The summed E-state index contributed by atoms with van der Waals surface area (Å²) >= 11 is 0. The van der Waals surface area contributed by atoms with Crippen molar-refractivity contribution in [3.8, 4) is 5.75 Å². The van der Waals surface area contributed by atoms with E-state index >= 15 is 0 Å². The number of phenols is 1. The van der Waals surface area contributed by atoms with Gasteiger partial charge in [0.25, 0.3) is 0 Å². The van der Waals surface area contributed by atoms with Gasteiger partial charge in [-0.3, -0.25) is 9.59 Å². The molecule has 35 heavy (non-hydrogen) atoms. The highest BCUT2D eigenvalue weighted by atomic mass is 16.6. The van der Waals surface area contributed by atoms with Crippen LogP contribution in [0, 0.1) is 12.8 Å². The Morgan fingerprint density at radius 1 is 1.14 bits per heavy atom. The minimum absolute atomic E-state index is 0.0718. The van der Waals surface area contributed by atoms with E-state index < -0.39 is 35.6 Å². The number of nitrogens with one attached hydrogen (secondary N) is 2. The fraction of sp³-hybridized carbons (Fsp3) is 0.654. The van der Waals surface area contributed by atoms with Crippen LogP contribution in [0.1, 0.15) is 78.0 Å². The summed E-state index contributed by atoms with van der Waals surface area (Å²) in [6, 6.07) is 2.67. The first kappa shape index (κ1) is 30.2. The Morgan fingerprint density at radius 2 is 1.80 bits per heavy atom. The van der Waals surface area contributed by atoms with Crippen molar-refractivity contribution in [2.45, 2.75) is 85.4 Å². The van der Waals surface area contributed by atoms with E-state index in [9.17, 15) is 24.6 Å². The lowest BCUT2D eigenvalue weighted by atomic mass is 9.97. The molecule has 4 N–H and O–H groups in total. The average Bonchev–Trinajstić information content (AvgIpc) is 2.75. The summed E-state index contributed by atoms with van der Waals surface area (Å²) in [5.41, 5.74) is 0.300. The van der Waals surface area contributed by atoms with Gasteiger partial charge in [-0.05, 0) is 63.3 Å². The van der Waals surface area contributed by atoms with E-state index in [1.165, 1.54) is 11.0 Å². The first-order valence-electron chi connectivity index (χ1n) is 12.3. The summed E-state index contributed by atoms with van der Waals surface area (Å²) in [7, 11) is 0. The number of aryl methyl sites for hydroxylation is 1. The molecule has 0 bridgehead atoms. The quantitative estimate of drug-likeness (QED) is 0.330. The van der Waals surface area contributed by atoms with Crippen molar-refractivity contribution in [3.05, 3.63) is 29.3 Å². The Bertz CT molecular complexity index is 850. The maximum atomic E-state index is 13.7. The van der Waals surface area contributed by atoms with E-state index in [0.29, 0.717) is 17.7 Å². The largest absolute Gasteiger partial charge is 0.508 e. The summed E-state index contributed by atoms with van der Waals surface area (Å²) in [5.74, 6) is -1.15. The molecule has 3 amide bonds. The molecule has 0 aliphatic heterocycles. The molecule has 1 aromatic rings. The number of phenolic OH excluding ortho intramolecular Hbond substituents is 1. The molecule has 1 rings (SSSR count). The first-order chi connectivity index (χ1) is 16.3. The Labute approximate surface area is 209 Å². The maximum absolute atomic E-state index is 13.7. The van der Waals surface area contributed by atoms with Gasteiger partial charge < -0.3 is 30.5 Å². The Kier molecular flexibility index (Phi) is 12.0. The molecule has 0 spiro atoms. The molecule has 0 saturated carbocycles. The standard InChI is InChI=1S/C26H43N3O6/c1-8-9-10-13-27-23(32)22(19-11-12-20(31)18(4)16-19)29(14-15-30)24(33)21(17(2)3)28-25(34)35-26(5,6)7/h11-12,16-17,21-22,30-31H,8-10,13-15H2,1-7H3,(H,27,32)(H,28,34). The van der Waals surface area contributed by atoms with Crippen LogP contribution >= 0.6 is 0 Å². The number of nitrogens with zero attached hydrogens (tertiary/aromatic N) is 1. The van der Waals surface area contributed by atoms with Gasteiger partial charge in [0.2, 0.25) is 11.8 Å². The zero-order valence-electron chi connectivity index (χ0n) is 22.2. The number of amides is 3. The van der Waals surface area contributed by atoms with Crippen LogP contribution in [0.2, 0.25) is 0 Å². The van der Waals surface area contributed by atoms with E-state index in [1.807, 2.05) is 0 Å². The van der Waals surface area contributed by atoms with Crippen molar-refractivity contribution >= 4 is 17.9 Å². The number of unbranched alkanes of at least 4 members (excludes halogenated alkanes) is 2. The number of aliphatic hydroxyl groups excluding tert-OH is 1. The number of hydrogen-bond donors (Lipinski definition) is 4.